The van der Waals surface area contributed by atoms with E-state index in [1.165, 1.54) is 18.5 Å². The molecule has 38 heavy (non-hydrogen) atoms. The van der Waals surface area contributed by atoms with E-state index < -0.39 is 0 Å². The number of pyridine rings is 2. The molecule has 0 amide bonds. The monoisotopic (exact) mass is 500 g/mol. The topological polar surface area (TPSA) is 87.1 Å². The quantitative estimate of drug-likeness (QED) is 0.276. The molecule has 7 heteroatoms. The predicted octanol–water partition coefficient (Wildman–Crippen LogP) is 6.19. The predicted molar refractivity (Wildman–Crippen MR) is 151 cm³/mol. The molecule has 5 aromatic rings. The highest BCUT2D eigenvalue weighted by Gasteiger charge is 2.14. The fourth-order valence-electron chi connectivity index (χ4n) is 4.75. The first-order valence-corrected chi connectivity index (χ1v) is 12.8. The second kappa shape index (κ2) is 10.7. The number of nitrogens with zero attached hydrogens (tertiary/aromatic N) is 5. The molecule has 3 aromatic heterocycles. The SMILES string of the molecule is Oc1cccc(CNc2cc(-c3cncc(-c4cccc(N5CCCC5)c4)c3)nc(-c3ccccn3)n2)c1. The van der Waals surface area contributed by atoms with Crippen LogP contribution in [0.2, 0.25) is 0 Å². The molecule has 1 aliphatic rings. The molecule has 0 unspecified atom stereocenters. The highest BCUT2D eigenvalue weighted by Crippen LogP contribution is 2.30. The maximum Gasteiger partial charge on any atom is 0.180 e. The molecule has 0 radical (unpaired) electrons. The van der Waals surface area contributed by atoms with Crippen molar-refractivity contribution in [3.8, 4) is 39.7 Å². The second-order valence-electron chi connectivity index (χ2n) is 9.41. The fraction of sp³-hybridized carbons (Fsp3) is 0.161. The van der Waals surface area contributed by atoms with Crippen LogP contribution < -0.4 is 10.2 Å². The maximum atomic E-state index is 9.82. The van der Waals surface area contributed by atoms with Gasteiger partial charge in [-0.3, -0.25) is 9.97 Å². The van der Waals surface area contributed by atoms with E-state index >= 15 is 0 Å². The Morgan fingerprint density at radius 2 is 1.63 bits per heavy atom. The van der Waals surface area contributed by atoms with E-state index in [2.05, 4.69) is 50.5 Å². The van der Waals surface area contributed by atoms with E-state index in [1.54, 1.807) is 18.3 Å². The summed E-state index contributed by atoms with van der Waals surface area (Å²) in [5.74, 6) is 1.43. The van der Waals surface area contributed by atoms with Gasteiger partial charge in [-0.25, -0.2) is 9.97 Å². The molecule has 0 aliphatic carbocycles. The minimum atomic E-state index is 0.235. The lowest BCUT2D eigenvalue weighted by Gasteiger charge is -2.18. The molecule has 7 nitrogen and oxygen atoms in total. The summed E-state index contributed by atoms with van der Waals surface area (Å²) in [6.07, 6.45) is 7.96. The van der Waals surface area contributed by atoms with Crippen molar-refractivity contribution in [3.05, 3.63) is 103 Å². The summed E-state index contributed by atoms with van der Waals surface area (Å²) in [7, 11) is 0. The van der Waals surface area contributed by atoms with Crippen LogP contribution in [0.5, 0.6) is 5.75 Å². The number of anilines is 2. The van der Waals surface area contributed by atoms with E-state index in [1.807, 2.05) is 48.8 Å². The van der Waals surface area contributed by atoms with Gasteiger partial charge in [0.2, 0.25) is 0 Å². The van der Waals surface area contributed by atoms with Gasteiger partial charge in [-0.05, 0) is 66.4 Å². The summed E-state index contributed by atoms with van der Waals surface area (Å²) in [6.45, 7) is 2.72. The zero-order valence-electron chi connectivity index (χ0n) is 21.0. The van der Waals surface area contributed by atoms with Crippen molar-refractivity contribution < 1.29 is 5.11 Å². The van der Waals surface area contributed by atoms with Crippen molar-refractivity contribution in [1.29, 1.82) is 0 Å². The Hall–Kier alpha value is -4.78. The van der Waals surface area contributed by atoms with Crippen LogP contribution >= 0.6 is 0 Å². The Bertz CT molecular complexity index is 1550. The molecule has 0 atom stereocenters. The summed E-state index contributed by atoms with van der Waals surface area (Å²) >= 11 is 0. The van der Waals surface area contributed by atoms with Crippen LogP contribution in [0.15, 0.2) is 97.5 Å². The van der Waals surface area contributed by atoms with Crippen molar-refractivity contribution >= 4 is 11.5 Å². The Morgan fingerprint density at radius 1 is 0.763 bits per heavy atom. The molecule has 1 saturated heterocycles. The highest BCUT2D eigenvalue weighted by molar-refractivity contribution is 5.74. The lowest BCUT2D eigenvalue weighted by Crippen LogP contribution is -2.17. The van der Waals surface area contributed by atoms with Gasteiger partial charge in [0.15, 0.2) is 5.82 Å². The zero-order chi connectivity index (χ0) is 25.7. The van der Waals surface area contributed by atoms with Gasteiger partial charge in [-0.1, -0.05) is 30.3 Å². The molecule has 0 saturated carbocycles. The number of rotatable bonds is 7. The number of nitrogens with one attached hydrogen (secondary N) is 1. The molecule has 0 spiro atoms. The lowest BCUT2D eigenvalue weighted by atomic mass is 10.0. The van der Waals surface area contributed by atoms with E-state index in [9.17, 15) is 5.11 Å². The largest absolute Gasteiger partial charge is 0.508 e. The third-order valence-corrected chi connectivity index (χ3v) is 6.69. The highest BCUT2D eigenvalue weighted by atomic mass is 16.3. The molecular weight excluding hydrogens is 472 g/mol. The lowest BCUT2D eigenvalue weighted by molar-refractivity contribution is 0.474. The van der Waals surface area contributed by atoms with Crippen molar-refractivity contribution in [2.45, 2.75) is 19.4 Å². The van der Waals surface area contributed by atoms with Crippen LogP contribution in [0.1, 0.15) is 18.4 Å². The Balaban J connectivity index is 1.35. The minimum Gasteiger partial charge on any atom is -0.508 e. The van der Waals surface area contributed by atoms with Crippen molar-refractivity contribution in [3.63, 3.8) is 0 Å². The van der Waals surface area contributed by atoms with Crippen LogP contribution in [0.25, 0.3) is 33.9 Å². The van der Waals surface area contributed by atoms with Crippen LogP contribution in [0, 0.1) is 0 Å². The number of aromatic nitrogens is 4. The van der Waals surface area contributed by atoms with Gasteiger partial charge in [0.25, 0.3) is 0 Å². The summed E-state index contributed by atoms with van der Waals surface area (Å²) in [5.41, 5.74) is 6.71. The number of hydrogen-bond donors (Lipinski definition) is 2. The van der Waals surface area contributed by atoms with Gasteiger partial charge < -0.3 is 15.3 Å². The van der Waals surface area contributed by atoms with Gasteiger partial charge in [-0.15, -0.1) is 0 Å². The van der Waals surface area contributed by atoms with Gasteiger partial charge >= 0.3 is 0 Å². The fourth-order valence-corrected chi connectivity index (χ4v) is 4.75. The van der Waals surface area contributed by atoms with E-state index in [0.29, 0.717) is 23.9 Å². The maximum absolute atomic E-state index is 9.82. The molecule has 6 rings (SSSR count). The molecule has 0 bridgehead atoms. The minimum absolute atomic E-state index is 0.235. The molecule has 1 fully saturated rings. The smallest absolute Gasteiger partial charge is 0.180 e. The zero-order valence-corrected chi connectivity index (χ0v) is 21.0. The van der Waals surface area contributed by atoms with E-state index in [0.717, 1.165) is 41.0 Å². The average Bonchev–Trinajstić information content (AvgIpc) is 3.52. The van der Waals surface area contributed by atoms with Gasteiger partial charge in [0, 0.05) is 61.1 Å². The van der Waals surface area contributed by atoms with Crippen LogP contribution in [0.3, 0.4) is 0 Å². The van der Waals surface area contributed by atoms with Crippen LogP contribution in [0.4, 0.5) is 11.5 Å². The van der Waals surface area contributed by atoms with Gasteiger partial charge in [-0.2, -0.15) is 0 Å². The van der Waals surface area contributed by atoms with Crippen molar-refractivity contribution in [2.75, 3.05) is 23.3 Å². The van der Waals surface area contributed by atoms with E-state index in [-0.39, 0.29) is 5.75 Å². The summed E-state index contributed by atoms with van der Waals surface area (Å²) in [5, 5.41) is 13.2. The third-order valence-electron chi connectivity index (χ3n) is 6.69. The molecule has 2 aromatic carbocycles. The Morgan fingerprint density at radius 3 is 2.47 bits per heavy atom. The number of phenols is 1. The second-order valence-corrected chi connectivity index (χ2v) is 9.41. The third kappa shape index (κ3) is 5.32. The standard InChI is InChI=1S/C31H28N6O/c38-27-10-5-7-22(15-27)19-34-30-18-29(35-31(36-30)28-11-1-2-12-33-28)25-16-24(20-32-21-25)23-8-6-9-26(17-23)37-13-3-4-14-37/h1-2,5-12,15-18,20-21,38H,3-4,13-14,19H2,(H,34,35,36). The summed E-state index contributed by atoms with van der Waals surface area (Å²) in [6, 6.07) is 25.6. The molecule has 2 N–H and O–H groups in total. The van der Waals surface area contributed by atoms with Crippen molar-refractivity contribution in [2.24, 2.45) is 0 Å². The van der Waals surface area contributed by atoms with Crippen LogP contribution in [-0.2, 0) is 6.54 Å². The molecule has 4 heterocycles. The number of hydrogen-bond acceptors (Lipinski definition) is 7. The van der Waals surface area contributed by atoms with Crippen LogP contribution in [-0.4, -0.2) is 38.1 Å². The van der Waals surface area contributed by atoms with E-state index in [4.69, 9.17) is 9.97 Å². The summed E-state index contributed by atoms with van der Waals surface area (Å²) < 4.78 is 0. The normalized spacial score (nSPS) is 13.0. The first-order chi connectivity index (χ1) is 18.7. The average molecular weight is 501 g/mol. The first kappa shape index (κ1) is 23.6. The number of benzene rings is 2. The molecule has 188 valence electrons. The van der Waals surface area contributed by atoms with Crippen molar-refractivity contribution in [1.82, 2.24) is 19.9 Å². The first-order valence-electron chi connectivity index (χ1n) is 12.8. The summed E-state index contributed by atoms with van der Waals surface area (Å²) in [4.78, 5) is 21.0. The van der Waals surface area contributed by atoms with Gasteiger partial charge in [0.1, 0.15) is 17.3 Å². The molecule has 1 aliphatic heterocycles. The Kier molecular flexibility index (Phi) is 6.64. The number of aromatic hydroxyl groups is 1. The van der Waals surface area contributed by atoms with Gasteiger partial charge in [0.05, 0.1) is 5.69 Å². The molecular formula is C31H28N6O. The number of phenolic OH excluding ortho intramolecular Hbond substituents is 1. The Labute approximate surface area is 221 Å².